The van der Waals surface area contributed by atoms with Crippen LogP contribution in [0.5, 0.6) is 5.75 Å². The lowest BCUT2D eigenvalue weighted by Gasteiger charge is -2.09. The zero-order valence-electron chi connectivity index (χ0n) is 11.0. The first-order chi connectivity index (χ1) is 9.51. The van der Waals surface area contributed by atoms with Crippen molar-refractivity contribution in [1.29, 1.82) is 0 Å². The molecule has 0 saturated heterocycles. The maximum absolute atomic E-state index is 12.2. The Kier molecular flexibility index (Phi) is 4.05. The van der Waals surface area contributed by atoms with Crippen LogP contribution in [0.1, 0.15) is 25.6 Å². The van der Waals surface area contributed by atoms with Crippen LogP contribution in [0, 0.1) is 6.92 Å². The summed E-state index contributed by atoms with van der Waals surface area (Å²) in [5, 5.41) is 12.0. The molecule has 0 saturated carbocycles. The standard InChI is InChI=1S/C14H13NO4S/c1-8-3-4-10(19-2)9(7-8)13(16)15-12-6-5-11(20-12)14(17)18/h3-7H,1-2H3,(H,15,16)(H,17,18). The number of methoxy groups -OCH3 is 1. The number of carbonyl (C=O) groups is 2. The molecule has 2 aromatic rings. The molecule has 2 rings (SSSR count). The van der Waals surface area contributed by atoms with E-state index in [9.17, 15) is 9.59 Å². The molecular formula is C14H13NO4S. The van der Waals surface area contributed by atoms with Crippen molar-refractivity contribution in [2.75, 3.05) is 12.4 Å². The molecule has 0 spiro atoms. The highest BCUT2D eigenvalue weighted by molar-refractivity contribution is 7.18. The molecule has 0 atom stereocenters. The summed E-state index contributed by atoms with van der Waals surface area (Å²) in [5.41, 5.74) is 1.35. The van der Waals surface area contributed by atoms with Gasteiger partial charge in [0.1, 0.15) is 10.6 Å². The Morgan fingerprint density at radius 2 is 2.00 bits per heavy atom. The lowest BCUT2D eigenvalue weighted by atomic mass is 10.1. The predicted octanol–water partition coefficient (Wildman–Crippen LogP) is 3.02. The lowest BCUT2D eigenvalue weighted by molar-refractivity contribution is 0.0702. The first kappa shape index (κ1) is 14.1. The monoisotopic (exact) mass is 291 g/mol. The maximum Gasteiger partial charge on any atom is 0.345 e. The number of nitrogens with one attached hydrogen (secondary N) is 1. The van der Waals surface area contributed by atoms with Gasteiger partial charge in [0.15, 0.2) is 0 Å². The number of amides is 1. The largest absolute Gasteiger partial charge is 0.496 e. The van der Waals surface area contributed by atoms with Gasteiger partial charge in [-0.15, -0.1) is 11.3 Å². The van der Waals surface area contributed by atoms with Crippen LogP contribution in [0.15, 0.2) is 30.3 Å². The Bertz CT molecular complexity index is 663. The van der Waals surface area contributed by atoms with E-state index in [2.05, 4.69) is 5.32 Å². The van der Waals surface area contributed by atoms with E-state index in [-0.39, 0.29) is 10.8 Å². The number of thiophene rings is 1. The first-order valence-electron chi connectivity index (χ1n) is 5.80. The van der Waals surface area contributed by atoms with Gasteiger partial charge in [-0.1, -0.05) is 11.6 Å². The highest BCUT2D eigenvalue weighted by Gasteiger charge is 2.14. The molecule has 0 fully saturated rings. The van der Waals surface area contributed by atoms with Crippen LogP contribution in [0.3, 0.4) is 0 Å². The zero-order valence-corrected chi connectivity index (χ0v) is 11.8. The Morgan fingerprint density at radius 3 is 2.60 bits per heavy atom. The Hall–Kier alpha value is -2.34. The third-order valence-corrected chi connectivity index (χ3v) is 3.64. The van der Waals surface area contributed by atoms with Gasteiger partial charge in [0.2, 0.25) is 0 Å². The summed E-state index contributed by atoms with van der Waals surface area (Å²) in [6, 6.07) is 8.31. The topological polar surface area (TPSA) is 75.6 Å². The van der Waals surface area contributed by atoms with Crippen LogP contribution in [0.4, 0.5) is 5.00 Å². The van der Waals surface area contributed by atoms with Crippen LogP contribution >= 0.6 is 11.3 Å². The molecule has 0 aliphatic rings. The fraction of sp³-hybridized carbons (Fsp3) is 0.143. The summed E-state index contributed by atoms with van der Waals surface area (Å²) in [5.74, 6) is -0.865. The van der Waals surface area contributed by atoms with Gasteiger partial charge in [-0.25, -0.2) is 4.79 Å². The normalized spacial score (nSPS) is 10.1. The summed E-state index contributed by atoms with van der Waals surface area (Å²) in [4.78, 5) is 23.2. The Balaban J connectivity index is 2.23. The van der Waals surface area contributed by atoms with E-state index in [0.717, 1.165) is 16.9 Å². The minimum atomic E-state index is -1.01. The SMILES string of the molecule is COc1ccc(C)cc1C(=O)Nc1ccc(C(=O)O)s1. The van der Waals surface area contributed by atoms with Gasteiger partial charge in [-0.2, -0.15) is 0 Å². The molecule has 0 aliphatic carbocycles. The van der Waals surface area contributed by atoms with Crippen LogP contribution in [-0.4, -0.2) is 24.1 Å². The summed E-state index contributed by atoms with van der Waals surface area (Å²) >= 11 is 1.01. The lowest BCUT2D eigenvalue weighted by Crippen LogP contribution is -2.12. The van der Waals surface area contributed by atoms with E-state index in [1.807, 2.05) is 13.0 Å². The van der Waals surface area contributed by atoms with E-state index in [4.69, 9.17) is 9.84 Å². The van der Waals surface area contributed by atoms with E-state index in [1.165, 1.54) is 13.2 Å². The number of benzene rings is 1. The van der Waals surface area contributed by atoms with E-state index >= 15 is 0 Å². The van der Waals surface area contributed by atoms with Crippen LogP contribution in [-0.2, 0) is 0 Å². The molecule has 104 valence electrons. The molecule has 20 heavy (non-hydrogen) atoms. The van der Waals surface area contributed by atoms with Crippen molar-refractivity contribution in [3.05, 3.63) is 46.3 Å². The number of rotatable bonds is 4. The molecule has 1 amide bonds. The molecule has 0 bridgehead atoms. The minimum absolute atomic E-state index is 0.177. The second kappa shape index (κ2) is 5.75. The van der Waals surface area contributed by atoms with E-state index in [0.29, 0.717) is 16.3 Å². The van der Waals surface area contributed by atoms with E-state index < -0.39 is 5.97 Å². The van der Waals surface area contributed by atoms with Gasteiger partial charge >= 0.3 is 5.97 Å². The first-order valence-corrected chi connectivity index (χ1v) is 6.62. The molecule has 0 aliphatic heterocycles. The van der Waals surface area contributed by atoms with Gasteiger partial charge in [-0.05, 0) is 31.2 Å². The predicted molar refractivity (Wildman–Crippen MR) is 77.0 cm³/mol. The van der Waals surface area contributed by atoms with Crippen LogP contribution < -0.4 is 10.1 Å². The van der Waals surface area contributed by atoms with Crippen molar-refractivity contribution in [2.24, 2.45) is 0 Å². The van der Waals surface area contributed by atoms with Gasteiger partial charge in [0.25, 0.3) is 5.91 Å². The van der Waals surface area contributed by atoms with Crippen molar-refractivity contribution in [3.63, 3.8) is 0 Å². The maximum atomic E-state index is 12.2. The fourth-order valence-electron chi connectivity index (χ4n) is 1.70. The number of carboxylic acids is 1. The third-order valence-electron chi connectivity index (χ3n) is 2.65. The Labute approximate surface area is 119 Å². The van der Waals surface area contributed by atoms with Gasteiger partial charge < -0.3 is 15.2 Å². The third kappa shape index (κ3) is 2.97. The number of aromatic carboxylic acids is 1. The highest BCUT2D eigenvalue weighted by atomic mass is 32.1. The van der Waals surface area contributed by atoms with E-state index in [1.54, 1.807) is 18.2 Å². The fourth-order valence-corrected chi connectivity index (χ4v) is 2.44. The molecule has 0 unspecified atom stereocenters. The molecule has 1 aromatic heterocycles. The summed E-state index contributed by atoms with van der Waals surface area (Å²) in [6.45, 7) is 1.88. The summed E-state index contributed by atoms with van der Waals surface area (Å²) in [7, 11) is 1.50. The summed E-state index contributed by atoms with van der Waals surface area (Å²) in [6.07, 6.45) is 0. The molecular weight excluding hydrogens is 278 g/mol. The Morgan fingerprint density at radius 1 is 1.25 bits per heavy atom. The van der Waals surface area contributed by atoms with Crippen molar-refractivity contribution in [2.45, 2.75) is 6.92 Å². The number of anilines is 1. The highest BCUT2D eigenvalue weighted by Crippen LogP contribution is 2.25. The molecule has 5 nitrogen and oxygen atoms in total. The number of carbonyl (C=O) groups excluding carboxylic acids is 1. The zero-order chi connectivity index (χ0) is 14.7. The van der Waals surface area contributed by atoms with Gasteiger partial charge in [0, 0.05) is 0 Å². The van der Waals surface area contributed by atoms with Crippen molar-refractivity contribution in [1.82, 2.24) is 0 Å². The smallest absolute Gasteiger partial charge is 0.345 e. The van der Waals surface area contributed by atoms with Crippen molar-refractivity contribution < 1.29 is 19.4 Å². The second-order valence-electron chi connectivity index (χ2n) is 4.13. The number of hydrogen-bond donors (Lipinski definition) is 2. The number of ether oxygens (including phenoxy) is 1. The number of aryl methyl sites for hydroxylation is 1. The quantitative estimate of drug-likeness (QED) is 0.908. The number of carboxylic acid groups (broad SMARTS) is 1. The van der Waals surface area contributed by atoms with Gasteiger partial charge in [0.05, 0.1) is 17.7 Å². The van der Waals surface area contributed by atoms with Crippen molar-refractivity contribution in [3.8, 4) is 5.75 Å². The molecule has 2 N–H and O–H groups in total. The van der Waals surface area contributed by atoms with Crippen LogP contribution in [0.2, 0.25) is 0 Å². The van der Waals surface area contributed by atoms with Gasteiger partial charge in [-0.3, -0.25) is 4.79 Å². The van der Waals surface area contributed by atoms with Crippen molar-refractivity contribution >= 4 is 28.2 Å². The molecule has 0 radical (unpaired) electrons. The van der Waals surface area contributed by atoms with Crippen LogP contribution in [0.25, 0.3) is 0 Å². The molecule has 1 aromatic carbocycles. The molecule has 6 heteroatoms. The summed E-state index contributed by atoms with van der Waals surface area (Å²) < 4.78 is 5.15. The second-order valence-corrected chi connectivity index (χ2v) is 5.21. The average molecular weight is 291 g/mol. The minimum Gasteiger partial charge on any atom is -0.496 e. The average Bonchev–Trinajstić information content (AvgIpc) is 2.87. The number of hydrogen-bond acceptors (Lipinski definition) is 4. The molecule has 1 heterocycles.